The van der Waals surface area contributed by atoms with Crippen LogP contribution >= 0.6 is 0 Å². The lowest BCUT2D eigenvalue weighted by Crippen LogP contribution is -2.22. The zero-order chi connectivity index (χ0) is 16.9. The number of rotatable bonds is 6. The zero-order valence-corrected chi connectivity index (χ0v) is 14.4. The van der Waals surface area contributed by atoms with Crippen molar-refractivity contribution in [2.45, 2.75) is 26.8 Å². The molecule has 24 heavy (non-hydrogen) atoms. The first-order chi connectivity index (χ1) is 11.7. The van der Waals surface area contributed by atoms with Gasteiger partial charge < -0.3 is 10.6 Å². The van der Waals surface area contributed by atoms with Crippen LogP contribution in [-0.2, 0) is 13.0 Å². The molecule has 2 aromatic rings. The number of anilines is 2. The van der Waals surface area contributed by atoms with E-state index in [4.69, 9.17) is 0 Å². The molecule has 0 aliphatic carbocycles. The predicted octanol–water partition coefficient (Wildman–Crippen LogP) is 3.75. The van der Waals surface area contributed by atoms with Crippen molar-refractivity contribution in [3.05, 3.63) is 59.2 Å². The molecule has 2 aromatic carbocycles. The van der Waals surface area contributed by atoms with Gasteiger partial charge in [-0.15, -0.1) is 0 Å². The summed E-state index contributed by atoms with van der Waals surface area (Å²) in [4.78, 5) is 14.9. The molecule has 1 heterocycles. The molecular weight excluding hydrogens is 298 g/mol. The first-order valence-electron chi connectivity index (χ1n) is 8.69. The summed E-state index contributed by atoms with van der Waals surface area (Å²) in [5.41, 5.74) is 5.15. The SMILES string of the molecule is CCN(CC)Cc1cccc(NC(=O)c2ccc3c(c2)CCN3)c1. The number of nitrogens with one attached hydrogen (secondary N) is 2. The Hall–Kier alpha value is -2.33. The van der Waals surface area contributed by atoms with Crippen molar-refractivity contribution in [1.29, 1.82) is 0 Å². The Kier molecular flexibility index (Phi) is 5.16. The summed E-state index contributed by atoms with van der Waals surface area (Å²) in [6.45, 7) is 8.23. The number of fused-ring (bicyclic) bond motifs is 1. The smallest absolute Gasteiger partial charge is 0.255 e. The lowest BCUT2D eigenvalue weighted by molar-refractivity contribution is 0.102. The molecule has 0 unspecified atom stereocenters. The van der Waals surface area contributed by atoms with Crippen LogP contribution in [-0.4, -0.2) is 30.4 Å². The van der Waals surface area contributed by atoms with Crippen LogP contribution in [0.4, 0.5) is 11.4 Å². The third-order valence-electron chi connectivity index (χ3n) is 4.56. The van der Waals surface area contributed by atoms with Gasteiger partial charge in [-0.3, -0.25) is 9.69 Å². The number of benzene rings is 2. The second kappa shape index (κ2) is 7.49. The highest BCUT2D eigenvalue weighted by Crippen LogP contribution is 2.23. The Morgan fingerprint density at radius 1 is 1.17 bits per heavy atom. The molecule has 4 nitrogen and oxygen atoms in total. The minimum absolute atomic E-state index is 0.0512. The van der Waals surface area contributed by atoms with E-state index in [2.05, 4.69) is 41.5 Å². The molecule has 0 bridgehead atoms. The molecule has 0 fully saturated rings. The van der Waals surface area contributed by atoms with Crippen LogP contribution in [0.1, 0.15) is 35.3 Å². The van der Waals surface area contributed by atoms with Gasteiger partial charge in [-0.05, 0) is 61.0 Å². The third kappa shape index (κ3) is 3.77. The van der Waals surface area contributed by atoms with Gasteiger partial charge in [-0.25, -0.2) is 0 Å². The van der Waals surface area contributed by atoms with E-state index in [1.807, 2.05) is 30.3 Å². The van der Waals surface area contributed by atoms with E-state index in [-0.39, 0.29) is 5.91 Å². The molecule has 0 aromatic heterocycles. The molecule has 0 saturated carbocycles. The van der Waals surface area contributed by atoms with E-state index in [0.717, 1.165) is 44.0 Å². The standard InChI is InChI=1S/C20H25N3O/c1-3-23(4-2)14-15-6-5-7-18(12-15)22-20(24)17-8-9-19-16(13-17)10-11-21-19/h5-9,12-13,21H,3-4,10-11,14H2,1-2H3,(H,22,24). The average Bonchev–Trinajstić information content (AvgIpc) is 3.07. The van der Waals surface area contributed by atoms with Crippen molar-refractivity contribution in [1.82, 2.24) is 4.90 Å². The summed E-state index contributed by atoms with van der Waals surface area (Å²) in [6.07, 6.45) is 0.982. The molecule has 3 rings (SSSR count). The highest BCUT2D eigenvalue weighted by atomic mass is 16.1. The van der Waals surface area contributed by atoms with Gasteiger partial charge in [0.1, 0.15) is 0 Å². The van der Waals surface area contributed by atoms with E-state index < -0.39 is 0 Å². The minimum atomic E-state index is -0.0512. The molecule has 0 radical (unpaired) electrons. The number of nitrogens with zero attached hydrogens (tertiary/aromatic N) is 1. The van der Waals surface area contributed by atoms with Crippen LogP contribution in [0.25, 0.3) is 0 Å². The Labute approximate surface area is 143 Å². The highest BCUT2D eigenvalue weighted by molar-refractivity contribution is 6.04. The van der Waals surface area contributed by atoms with E-state index in [0.29, 0.717) is 5.56 Å². The fraction of sp³-hybridized carbons (Fsp3) is 0.350. The molecular formula is C20H25N3O. The van der Waals surface area contributed by atoms with Gasteiger partial charge in [0.2, 0.25) is 0 Å². The maximum absolute atomic E-state index is 12.5. The topological polar surface area (TPSA) is 44.4 Å². The fourth-order valence-corrected chi connectivity index (χ4v) is 3.10. The van der Waals surface area contributed by atoms with Crippen LogP contribution in [0.3, 0.4) is 0 Å². The van der Waals surface area contributed by atoms with Crippen molar-refractivity contribution in [2.24, 2.45) is 0 Å². The Bertz CT molecular complexity index is 723. The Morgan fingerprint density at radius 2 is 2.00 bits per heavy atom. The third-order valence-corrected chi connectivity index (χ3v) is 4.56. The van der Waals surface area contributed by atoms with E-state index in [1.54, 1.807) is 0 Å². The molecule has 1 aliphatic heterocycles. The molecule has 0 atom stereocenters. The normalized spacial score (nSPS) is 12.8. The summed E-state index contributed by atoms with van der Waals surface area (Å²) in [5, 5.41) is 6.34. The lowest BCUT2D eigenvalue weighted by Gasteiger charge is -2.18. The van der Waals surface area contributed by atoms with E-state index >= 15 is 0 Å². The molecule has 0 saturated heterocycles. The maximum Gasteiger partial charge on any atom is 0.255 e. The molecule has 1 aliphatic rings. The van der Waals surface area contributed by atoms with Crippen LogP contribution in [0, 0.1) is 0 Å². The van der Waals surface area contributed by atoms with Gasteiger partial charge in [0.25, 0.3) is 5.91 Å². The lowest BCUT2D eigenvalue weighted by atomic mass is 10.1. The number of hydrogen-bond acceptors (Lipinski definition) is 3. The monoisotopic (exact) mass is 323 g/mol. The van der Waals surface area contributed by atoms with Crippen LogP contribution in [0.5, 0.6) is 0 Å². The molecule has 4 heteroatoms. The summed E-state index contributed by atoms with van der Waals surface area (Å²) in [7, 11) is 0. The number of hydrogen-bond donors (Lipinski definition) is 2. The molecule has 0 spiro atoms. The second-order valence-corrected chi connectivity index (χ2v) is 6.16. The van der Waals surface area contributed by atoms with Crippen molar-refractivity contribution in [3.8, 4) is 0 Å². The number of carbonyl (C=O) groups is 1. The highest BCUT2D eigenvalue weighted by Gasteiger charge is 2.13. The average molecular weight is 323 g/mol. The summed E-state index contributed by atoms with van der Waals surface area (Å²) < 4.78 is 0. The van der Waals surface area contributed by atoms with Gasteiger partial charge in [0.05, 0.1) is 0 Å². The predicted molar refractivity (Wildman–Crippen MR) is 99.7 cm³/mol. The van der Waals surface area contributed by atoms with Gasteiger partial charge in [-0.2, -0.15) is 0 Å². The maximum atomic E-state index is 12.5. The molecule has 126 valence electrons. The fourth-order valence-electron chi connectivity index (χ4n) is 3.10. The first-order valence-corrected chi connectivity index (χ1v) is 8.69. The van der Waals surface area contributed by atoms with Crippen molar-refractivity contribution in [2.75, 3.05) is 30.3 Å². The number of carbonyl (C=O) groups excluding carboxylic acids is 1. The second-order valence-electron chi connectivity index (χ2n) is 6.16. The van der Waals surface area contributed by atoms with E-state index in [1.165, 1.54) is 11.1 Å². The Balaban J connectivity index is 1.70. The largest absolute Gasteiger partial charge is 0.384 e. The first kappa shape index (κ1) is 16.5. The van der Waals surface area contributed by atoms with Crippen molar-refractivity contribution >= 4 is 17.3 Å². The van der Waals surface area contributed by atoms with Crippen molar-refractivity contribution < 1.29 is 4.79 Å². The summed E-state index contributed by atoms with van der Waals surface area (Å²) >= 11 is 0. The molecule has 2 N–H and O–H groups in total. The molecule has 1 amide bonds. The summed E-state index contributed by atoms with van der Waals surface area (Å²) in [6, 6.07) is 14.0. The van der Waals surface area contributed by atoms with Gasteiger partial charge in [0, 0.05) is 30.0 Å². The summed E-state index contributed by atoms with van der Waals surface area (Å²) in [5.74, 6) is -0.0512. The van der Waals surface area contributed by atoms with E-state index in [9.17, 15) is 4.79 Å². The zero-order valence-electron chi connectivity index (χ0n) is 14.4. The van der Waals surface area contributed by atoms with Crippen LogP contribution in [0.15, 0.2) is 42.5 Å². The number of amides is 1. The van der Waals surface area contributed by atoms with Gasteiger partial charge in [-0.1, -0.05) is 26.0 Å². The minimum Gasteiger partial charge on any atom is -0.384 e. The Morgan fingerprint density at radius 3 is 2.79 bits per heavy atom. The van der Waals surface area contributed by atoms with Crippen molar-refractivity contribution in [3.63, 3.8) is 0 Å². The van der Waals surface area contributed by atoms with Crippen LogP contribution < -0.4 is 10.6 Å². The van der Waals surface area contributed by atoms with Crippen LogP contribution in [0.2, 0.25) is 0 Å². The van der Waals surface area contributed by atoms with Gasteiger partial charge >= 0.3 is 0 Å². The quantitative estimate of drug-likeness (QED) is 0.851. The van der Waals surface area contributed by atoms with Gasteiger partial charge in [0.15, 0.2) is 0 Å².